The molecule has 1 unspecified atom stereocenters. The minimum Gasteiger partial charge on any atom is -0.444 e. The van der Waals surface area contributed by atoms with Gasteiger partial charge in [0.2, 0.25) is 11.8 Å². The van der Waals surface area contributed by atoms with E-state index in [1.165, 1.54) is 5.56 Å². The first-order valence-electron chi connectivity index (χ1n) is 13.1. The van der Waals surface area contributed by atoms with Crippen molar-refractivity contribution in [2.75, 3.05) is 26.2 Å². The summed E-state index contributed by atoms with van der Waals surface area (Å²) in [5, 5.41) is 2.35. The maximum atomic E-state index is 12.9. The molecule has 36 heavy (non-hydrogen) atoms. The Morgan fingerprint density at radius 2 is 1.81 bits per heavy atom. The molecule has 5 rings (SSSR count). The minimum absolute atomic E-state index is 0.126. The lowest BCUT2D eigenvalue weighted by molar-refractivity contribution is -0.136. The van der Waals surface area contributed by atoms with Gasteiger partial charge in [0, 0.05) is 50.7 Å². The molecule has 1 N–H and O–H groups in total. The van der Waals surface area contributed by atoms with E-state index in [1.807, 2.05) is 37.8 Å². The molecule has 3 saturated heterocycles. The van der Waals surface area contributed by atoms with Crippen LogP contribution >= 0.6 is 0 Å². The highest BCUT2D eigenvalue weighted by Gasteiger charge is 2.40. The normalized spacial score (nSPS) is 24.0. The van der Waals surface area contributed by atoms with Crippen molar-refractivity contribution in [2.45, 2.75) is 77.1 Å². The van der Waals surface area contributed by atoms with Crippen molar-refractivity contribution in [3.63, 3.8) is 0 Å². The summed E-state index contributed by atoms with van der Waals surface area (Å²) in [5.74, 6) is -0.196. The SMILES string of the molecule is CC(C)(C)OC(=O)N1CCC(N2CC(Cc3ccc4c(c3)CN(C3CCC(=O)NC3=O)C4=O)C2)CC1. The van der Waals surface area contributed by atoms with Gasteiger partial charge in [-0.15, -0.1) is 0 Å². The quantitative estimate of drug-likeness (QED) is 0.643. The van der Waals surface area contributed by atoms with Gasteiger partial charge < -0.3 is 14.5 Å². The highest BCUT2D eigenvalue weighted by Crippen LogP contribution is 2.31. The van der Waals surface area contributed by atoms with Crippen LogP contribution in [0.2, 0.25) is 0 Å². The smallest absolute Gasteiger partial charge is 0.410 e. The molecule has 4 aliphatic rings. The number of nitrogens with one attached hydrogen (secondary N) is 1. The molecule has 9 heteroatoms. The van der Waals surface area contributed by atoms with Gasteiger partial charge in [-0.2, -0.15) is 0 Å². The van der Waals surface area contributed by atoms with Crippen LogP contribution in [0.1, 0.15) is 67.9 Å². The van der Waals surface area contributed by atoms with Gasteiger partial charge in [0.25, 0.3) is 5.91 Å². The van der Waals surface area contributed by atoms with E-state index in [2.05, 4.69) is 16.3 Å². The maximum absolute atomic E-state index is 12.9. The lowest BCUT2D eigenvalue weighted by Crippen LogP contribution is -2.56. The lowest BCUT2D eigenvalue weighted by Gasteiger charge is -2.47. The van der Waals surface area contributed by atoms with E-state index in [-0.39, 0.29) is 30.2 Å². The summed E-state index contributed by atoms with van der Waals surface area (Å²) in [5.41, 5.74) is 2.38. The fourth-order valence-electron chi connectivity index (χ4n) is 5.87. The average Bonchev–Trinajstić information content (AvgIpc) is 3.10. The summed E-state index contributed by atoms with van der Waals surface area (Å²) in [6, 6.07) is 5.97. The predicted octanol–water partition coefficient (Wildman–Crippen LogP) is 2.32. The third-order valence-corrected chi connectivity index (χ3v) is 7.73. The number of benzene rings is 1. The number of carbonyl (C=O) groups is 4. The van der Waals surface area contributed by atoms with E-state index >= 15 is 0 Å². The molecule has 9 nitrogen and oxygen atoms in total. The Hall–Kier alpha value is -2.94. The zero-order valence-corrected chi connectivity index (χ0v) is 21.4. The highest BCUT2D eigenvalue weighted by atomic mass is 16.6. The minimum atomic E-state index is -0.576. The van der Waals surface area contributed by atoms with Crippen LogP contribution in [-0.4, -0.2) is 82.4 Å². The number of rotatable bonds is 4. The number of carbonyl (C=O) groups excluding carboxylic acids is 4. The molecular formula is C27H36N4O5. The molecule has 4 aliphatic heterocycles. The highest BCUT2D eigenvalue weighted by molar-refractivity contribution is 6.05. The average molecular weight is 497 g/mol. The summed E-state index contributed by atoms with van der Waals surface area (Å²) in [6.07, 6.45) is 3.35. The first-order chi connectivity index (χ1) is 17.1. The summed E-state index contributed by atoms with van der Waals surface area (Å²) >= 11 is 0. The van der Waals surface area contributed by atoms with E-state index in [0.717, 1.165) is 51.0 Å². The van der Waals surface area contributed by atoms with Crippen LogP contribution < -0.4 is 5.32 Å². The van der Waals surface area contributed by atoms with E-state index < -0.39 is 11.6 Å². The van der Waals surface area contributed by atoms with Crippen molar-refractivity contribution in [1.29, 1.82) is 0 Å². The van der Waals surface area contributed by atoms with Crippen molar-refractivity contribution >= 4 is 23.8 Å². The first kappa shape index (κ1) is 24.7. The van der Waals surface area contributed by atoms with Crippen LogP contribution in [-0.2, 0) is 27.3 Å². The Bertz CT molecular complexity index is 1070. The van der Waals surface area contributed by atoms with Crippen LogP contribution in [0.4, 0.5) is 4.79 Å². The molecule has 194 valence electrons. The number of hydrogen-bond acceptors (Lipinski definition) is 6. The van der Waals surface area contributed by atoms with Crippen molar-refractivity contribution in [2.24, 2.45) is 5.92 Å². The molecule has 0 saturated carbocycles. The molecular weight excluding hydrogens is 460 g/mol. The van der Waals surface area contributed by atoms with Gasteiger partial charge in [-0.1, -0.05) is 12.1 Å². The van der Waals surface area contributed by atoms with Crippen molar-refractivity contribution in [3.05, 3.63) is 34.9 Å². The number of hydrogen-bond donors (Lipinski definition) is 1. The molecule has 4 heterocycles. The van der Waals surface area contributed by atoms with Crippen LogP contribution in [0.5, 0.6) is 0 Å². The Morgan fingerprint density at radius 1 is 1.08 bits per heavy atom. The zero-order valence-electron chi connectivity index (χ0n) is 21.4. The van der Waals surface area contributed by atoms with Gasteiger partial charge in [0.05, 0.1) is 0 Å². The van der Waals surface area contributed by atoms with Gasteiger partial charge in [-0.25, -0.2) is 4.79 Å². The van der Waals surface area contributed by atoms with Gasteiger partial charge in [-0.05, 0) is 69.6 Å². The van der Waals surface area contributed by atoms with Crippen LogP contribution in [0.15, 0.2) is 18.2 Å². The molecule has 1 aromatic rings. The Labute approximate surface area is 212 Å². The third-order valence-electron chi connectivity index (χ3n) is 7.73. The Balaban J connectivity index is 1.10. The molecule has 0 spiro atoms. The molecule has 4 amide bonds. The standard InChI is InChI=1S/C27H36N4O5/c1-27(2,3)36-26(35)29-10-8-20(9-11-29)30-14-18(15-30)12-17-4-5-21-19(13-17)16-31(25(21)34)22-6-7-23(32)28-24(22)33/h4-5,13,18,20,22H,6-12,14-16H2,1-3H3,(H,28,32,33). The van der Waals surface area contributed by atoms with E-state index in [1.54, 1.807) is 4.90 Å². The number of amides is 4. The number of imide groups is 1. The zero-order chi connectivity index (χ0) is 25.6. The second-order valence-electron chi connectivity index (χ2n) is 11.6. The van der Waals surface area contributed by atoms with Crippen LogP contribution in [0.25, 0.3) is 0 Å². The van der Waals surface area contributed by atoms with E-state index in [4.69, 9.17) is 4.74 Å². The first-order valence-corrected chi connectivity index (χ1v) is 13.1. The summed E-state index contributed by atoms with van der Waals surface area (Å²) in [6.45, 7) is 9.68. The number of likely N-dealkylation sites (tertiary alicyclic amines) is 2. The number of piperidine rings is 2. The van der Waals surface area contributed by atoms with Crippen LogP contribution in [0.3, 0.4) is 0 Å². The van der Waals surface area contributed by atoms with E-state index in [9.17, 15) is 19.2 Å². The van der Waals surface area contributed by atoms with Gasteiger partial charge in [0.1, 0.15) is 11.6 Å². The summed E-state index contributed by atoms with van der Waals surface area (Å²) in [4.78, 5) is 54.9. The van der Waals surface area contributed by atoms with Gasteiger partial charge in [0.15, 0.2) is 0 Å². The Kier molecular flexibility index (Phi) is 6.53. The molecule has 0 aromatic heterocycles. The number of ether oxygens (including phenoxy) is 1. The molecule has 0 aliphatic carbocycles. The second kappa shape index (κ2) is 9.50. The van der Waals surface area contributed by atoms with Crippen LogP contribution in [0, 0.1) is 5.92 Å². The molecule has 1 aromatic carbocycles. The van der Waals surface area contributed by atoms with E-state index in [0.29, 0.717) is 30.5 Å². The molecule has 0 radical (unpaired) electrons. The number of nitrogens with zero attached hydrogens (tertiary/aromatic N) is 3. The van der Waals surface area contributed by atoms with Crippen molar-refractivity contribution in [3.8, 4) is 0 Å². The molecule has 3 fully saturated rings. The maximum Gasteiger partial charge on any atom is 0.410 e. The van der Waals surface area contributed by atoms with Crippen molar-refractivity contribution < 1.29 is 23.9 Å². The largest absolute Gasteiger partial charge is 0.444 e. The fraction of sp³-hybridized carbons (Fsp3) is 0.630. The third kappa shape index (κ3) is 5.12. The second-order valence-corrected chi connectivity index (χ2v) is 11.6. The predicted molar refractivity (Wildman–Crippen MR) is 132 cm³/mol. The summed E-state index contributed by atoms with van der Waals surface area (Å²) in [7, 11) is 0. The van der Waals surface area contributed by atoms with Gasteiger partial charge in [-0.3, -0.25) is 24.6 Å². The Morgan fingerprint density at radius 3 is 2.47 bits per heavy atom. The fourth-order valence-corrected chi connectivity index (χ4v) is 5.87. The molecule has 0 bridgehead atoms. The molecule has 1 atom stereocenters. The number of fused-ring (bicyclic) bond motifs is 1. The van der Waals surface area contributed by atoms with Crippen molar-refractivity contribution in [1.82, 2.24) is 20.0 Å². The van der Waals surface area contributed by atoms with Gasteiger partial charge >= 0.3 is 6.09 Å². The topological polar surface area (TPSA) is 99.3 Å². The monoisotopic (exact) mass is 496 g/mol. The summed E-state index contributed by atoms with van der Waals surface area (Å²) < 4.78 is 5.50. The lowest BCUT2D eigenvalue weighted by atomic mass is 9.88.